The van der Waals surface area contributed by atoms with Crippen molar-refractivity contribution in [3.8, 4) is 0 Å². The zero-order chi connectivity index (χ0) is 21.4. The Balaban J connectivity index is 1.83. The van der Waals surface area contributed by atoms with Gasteiger partial charge in [0.1, 0.15) is 12.4 Å². The van der Waals surface area contributed by atoms with Crippen LogP contribution in [-0.2, 0) is 14.3 Å². The van der Waals surface area contributed by atoms with Crippen LogP contribution in [0.2, 0.25) is 0 Å². The topological polar surface area (TPSA) is 63.6 Å². The van der Waals surface area contributed by atoms with Gasteiger partial charge in [-0.15, -0.1) is 0 Å². The summed E-state index contributed by atoms with van der Waals surface area (Å²) in [4.78, 5) is 22.7. The standard InChI is InChI=1S/C25H36O4/c1-18(10-12-22-19(2)8-6-14-25(22,3)4)7-5-9-20(16-26)11-13-23-21(17-27)15-24(28)29-23/h7,11,15-16,23,27H,5-6,8-10,12-14,17H2,1-4H3/b18-7+,20-11-/t23-/m1/s1. The minimum absolute atomic E-state index is 0.199. The number of aldehydes is 1. The highest BCUT2D eigenvalue weighted by atomic mass is 16.5. The molecule has 1 aliphatic carbocycles. The van der Waals surface area contributed by atoms with Gasteiger partial charge in [0.05, 0.1) is 6.61 Å². The molecule has 1 aliphatic heterocycles. The van der Waals surface area contributed by atoms with Gasteiger partial charge in [-0.05, 0) is 69.8 Å². The first kappa shape index (κ1) is 23.3. The van der Waals surface area contributed by atoms with E-state index in [1.165, 1.54) is 30.9 Å². The molecule has 0 aromatic carbocycles. The smallest absolute Gasteiger partial charge is 0.331 e. The molecule has 1 heterocycles. The van der Waals surface area contributed by atoms with Gasteiger partial charge in [0.15, 0.2) is 0 Å². The summed E-state index contributed by atoms with van der Waals surface area (Å²) in [5, 5.41) is 9.27. The third-order valence-electron chi connectivity index (χ3n) is 6.28. The number of rotatable bonds is 10. The lowest BCUT2D eigenvalue weighted by molar-refractivity contribution is -0.138. The van der Waals surface area contributed by atoms with E-state index in [1.54, 1.807) is 11.1 Å². The van der Waals surface area contributed by atoms with E-state index in [0.717, 1.165) is 25.5 Å². The maximum atomic E-state index is 11.4. The van der Waals surface area contributed by atoms with Crippen LogP contribution in [0.25, 0.3) is 0 Å². The molecule has 1 N–H and O–H groups in total. The Morgan fingerprint density at radius 3 is 2.72 bits per heavy atom. The molecule has 0 fully saturated rings. The molecule has 0 spiro atoms. The van der Waals surface area contributed by atoms with Gasteiger partial charge in [0.2, 0.25) is 0 Å². The van der Waals surface area contributed by atoms with Gasteiger partial charge in [-0.2, -0.15) is 0 Å². The maximum absolute atomic E-state index is 11.4. The van der Waals surface area contributed by atoms with Crippen molar-refractivity contribution in [3.05, 3.63) is 46.1 Å². The highest BCUT2D eigenvalue weighted by molar-refractivity contribution is 5.86. The number of aliphatic hydroxyl groups excluding tert-OH is 1. The van der Waals surface area contributed by atoms with E-state index in [2.05, 4.69) is 33.8 Å². The molecule has 0 aromatic heterocycles. The lowest BCUT2D eigenvalue weighted by Crippen LogP contribution is -2.20. The monoisotopic (exact) mass is 400 g/mol. The molecule has 0 bridgehead atoms. The molecular formula is C25H36O4. The molecule has 0 unspecified atom stereocenters. The molecule has 160 valence electrons. The molecule has 0 radical (unpaired) electrons. The molecule has 4 nitrogen and oxygen atoms in total. The molecule has 2 aliphatic rings. The number of carbonyl (C=O) groups excluding carboxylic acids is 2. The van der Waals surface area contributed by atoms with Crippen LogP contribution in [0.3, 0.4) is 0 Å². The summed E-state index contributed by atoms with van der Waals surface area (Å²) in [5.74, 6) is -0.426. The van der Waals surface area contributed by atoms with Crippen molar-refractivity contribution in [2.24, 2.45) is 5.41 Å². The summed E-state index contributed by atoms with van der Waals surface area (Å²) in [6.45, 7) is 8.99. The first-order chi connectivity index (χ1) is 13.8. The summed E-state index contributed by atoms with van der Waals surface area (Å²) in [6, 6.07) is 0. The Bertz CT molecular complexity index is 734. The number of hydrogen-bond acceptors (Lipinski definition) is 4. The predicted molar refractivity (Wildman–Crippen MR) is 116 cm³/mol. The van der Waals surface area contributed by atoms with Gasteiger partial charge in [0, 0.05) is 18.1 Å². The van der Waals surface area contributed by atoms with E-state index < -0.39 is 12.1 Å². The quantitative estimate of drug-likeness (QED) is 0.231. The number of ether oxygens (including phenoxy) is 1. The van der Waals surface area contributed by atoms with Crippen LogP contribution in [0.4, 0.5) is 0 Å². The number of cyclic esters (lactones) is 1. The highest BCUT2D eigenvalue weighted by Crippen LogP contribution is 2.42. The van der Waals surface area contributed by atoms with Crippen molar-refractivity contribution in [2.75, 3.05) is 6.61 Å². The molecule has 29 heavy (non-hydrogen) atoms. The molecule has 0 saturated heterocycles. The van der Waals surface area contributed by atoms with Gasteiger partial charge in [0.25, 0.3) is 0 Å². The third kappa shape index (κ3) is 6.81. The van der Waals surface area contributed by atoms with Crippen molar-refractivity contribution in [2.45, 2.75) is 85.2 Å². The van der Waals surface area contributed by atoms with E-state index in [-0.39, 0.29) is 6.61 Å². The number of esters is 1. The van der Waals surface area contributed by atoms with Crippen LogP contribution in [0, 0.1) is 5.41 Å². The van der Waals surface area contributed by atoms with Crippen molar-refractivity contribution in [3.63, 3.8) is 0 Å². The first-order valence-corrected chi connectivity index (χ1v) is 10.8. The lowest BCUT2D eigenvalue weighted by atomic mass is 9.71. The Hall–Kier alpha value is -1.94. The summed E-state index contributed by atoms with van der Waals surface area (Å²) >= 11 is 0. The van der Waals surface area contributed by atoms with E-state index in [9.17, 15) is 14.7 Å². The van der Waals surface area contributed by atoms with Crippen LogP contribution < -0.4 is 0 Å². The zero-order valence-electron chi connectivity index (χ0n) is 18.4. The number of allylic oxidation sites excluding steroid dienone is 5. The van der Waals surface area contributed by atoms with E-state index in [4.69, 9.17) is 4.74 Å². The number of aliphatic hydroxyl groups is 1. The van der Waals surface area contributed by atoms with Gasteiger partial charge < -0.3 is 9.84 Å². The minimum atomic E-state index is -0.449. The average Bonchev–Trinajstić information content (AvgIpc) is 3.03. The molecule has 0 amide bonds. The summed E-state index contributed by atoms with van der Waals surface area (Å²) in [7, 11) is 0. The Morgan fingerprint density at radius 1 is 1.31 bits per heavy atom. The van der Waals surface area contributed by atoms with Crippen molar-refractivity contribution in [1.82, 2.24) is 0 Å². The third-order valence-corrected chi connectivity index (χ3v) is 6.28. The second-order valence-corrected chi connectivity index (χ2v) is 9.02. The second-order valence-electron chi connectivity index (χ2n) is 9.02. The van der Waals surface area contributed by atoms with Gasteiger partial charge in [-0.1, -0.05) is 42.7 Å². The fourth-order valence-corrected chi connectivity index (χ4v) is 4.44. The van der Waals surface area contributed by atoms with Gasteiger partial charge in [-0.3, -0.25) is 4.79 Å². The van der Waals surface area contributed by atoms with E-state index in [0.29, 0.717) is 29.4 Å². The molecule has 1 atom stereocenters. The Labute approximate surface area is 175 Å². The molecule has 4 heteroatoms. The largest absolute Gasteiger partial charge is 0.454 e. The van der Waals surface area contributed by atoms with Crippen LogP contribution >= 0.6 is 0 Å². The molecular weight excluding hydrogens is 364 g/mol. The number of carbonyl (C=O) groups is 2. The Morgan fingerprint density at radius 2 is 2.07 bits per heavy atom. The average molecular weight is 401 g/mol. The molecule has 2 rings (SSSR count). The summed E-state index contributed by atoms with van der Waals surface area (Å²) in [5.41, 5.74) is 6.17. The molecule has 0 aromatic rings. The highest BCUT2D eigenvalue weighted by Gasteiger charge is 2.27. The summed E-state index contributed by atoms with van der Waals surface area (Å²) in [6.07, 6.45) is 13.7. The predicted octanol–water partition coefficient (Wildman–Crippen LogP) is 5.38. The minimum Gasteiger partial charge on any atom is -0.454 e. The summed E-state index contributed by atoms with van der Waals surface area (Å²) < 4.78 is 5.15. The van der Waals surface area contributed by atoms with Crippen LogP contribution in [-0.4, -0.2) is 30.1 Å². The van der Waals surface area contributed by atoms with Crippen LogP contribution in [0.15, 0.2) is 46.1 Å². The van der Waals surface area contributed by atoms with Crippen LogP contribution in [0.1, 0.15) is 79.1 Å². The second kappa shape index (κ2) is 10.7. The zero-order valence-corrected chi connectivity index (χ0v) is 18.4. The normalized spacial score (nSPS) is 22.6. The number of hydrogen-bond donors (Lipinski definition) is 1. The van der Waals surface area contributed by atoms with Crippen molar-refractivity contribution in [1.29, 1.82) is 0 Å². The lowest BCUT2D eigenvalue weighted by Gasteiger charge is -2.35. The maximum Gasteiger partial charge on any atom is 0.331 e. The SMILES string of the molecule is CC1=C(CC/C(C)=C/CC/C(C=O)=C/C[C@H]2OC(=O)C=C2CO)C(C)(C)CCC1. The van der Waals surface area contributed by atoms with Crippen molar-refractivity contribution >= 4 is 12.3 Å². The Kier molecular flexibility index (Phi) is 8.63. The van der Waals surface area contributed by atoms with Gasteiger partial charge in [-0.25, -0.2) is 4.79 Å². The van der Waals surface area contributed by atoms with Gasteiger partial charge >= 0.3 is 5.97 Å². The van der Waals surface area contributed by atoms with Crippen LogP contribution in [0.5, 0.6) is 0 Å². The molecule has 0 saturated carbocycles. The van der Waals surface area contributed by atoms with E-state index in [1.807, 2.05) is 6.08 Å². The van der Waals surface area contributed by atoms with Crippen molar-refractivity contribution < 1.29 is 19.4 Å². The first-order valence-electron chi connectivity index (χ1n) is 10.8. The fraction of sp³-hybridized carbons (Fsp3) is 0.600. The van der Waals surface area contributed by atoms with E-state index >= 15 is 0 Å². The fourth-order valence-electron chi connectivity index (χ4n) is 4.44.